The van der Waals surface area contributed by atoms with Crippen molar-refractivity contribution in [2.24, 2.45) is 11.8 Å². The summed E-state index contributed by atoms with van der Waals surface area (Å²) >= 11 is 0. The van der Waals surface area contributed by atoms with Gasteiger partial charge in [0.05, 0.1) is 11.6 Å². The molecule has 1 aromatic rings. The lowest BCUT2D eigenvalue weighted by Crippen LogP contribution is -2.25. The van der Waals surface area contributed by atoms with Gasteiger partial charge < -0.3 is 4.90 Å². The van der Waals surface area contributed by atoms with Crippen molar-refractivity contribution in [2.75, 3.05) is 6.54 Å². The number of likely N-dealkylation sites (tertiary alicyclic amines) is 1. The van der Waals surface area contributed by atoms with E-state index in [0.717, 1.165) is 17.7 Å². The van der Waals surface area contributed by atoms with E-state index in [1.54, 1.807) is 0 Å². The number of amides is 1. The molecule has 1 unspecified atom stereocenters. The molecule has 1 atom stereocenters. The van der Waals surface area contributed by atoms with Crippen molar-refractivity contribution in [3.63, 3.8) is 0 Å². The molecule has 0 aromatic heterocycles. The number of hydrogen-bond acceptors (Lipinski definition) is 2. The minimum atomic E-state index is 0.252. The van der Waals surface area contributed by atoms with E-state index in [2.05, 4.69) is 19.9 Å². The highest BCUT2D eigenvalue weighted by Gasteiger charge is 2.31. The van der Waals surface area contributed by atoms with Gasteiger partial charge in [0.1, 0.15) is 0 Å². The Labute approximate surface area is 114 Å². The van der Waals surface area contributed by atoms with E-state index in [-0.39, 0.29) is 5.91 Å². The Bertz CT molecular complexity index is 528. The third-order valence-electron chi connectivity index (χ3n) is 4.02. The van der Waals surface area contributed by atoms with Crippen LogP contribution in [0.2, 0.25) is 0 Å². The van der Waals surface area contributed by atoms with E-state index in [1.165, 1.54) is 0 Å². The third kappa shape index (κ3) is 2.96. The first-order valence-electron chi connectivity index (χ1n) is 6.78. The largest absolute Gasteiger partial charge is 0.338 e. The van der Waals surface area contributed by atoms with Crippen LogP contribution in [0.15, 0.2) is 18.2 Å². The zero-order valence-corrected chi connectivity index (χ0v) is 11.8. The Morgan fingerprint density at radius 3 is 2.74 bits per heavy atom. The second-order valence-electron chi connectivity index (χ2n) is 5.74. The molecule has 1 saturated heterocycles. The molecule has 100 valence electrons. The van der Waals surface area contributed by atoms with Gasteiger partial charge in [-0.25, -0.2) is 0 Å². The van der Waals surface area contributed by atoms with Crippen LogP contribution in [0.4, 0.5) is 0 Å². The number of nitrogens with zero attached hydrogens (tertiary/aromatic N) is 2. The molecule has 3 nitrogen and oxygen atoms in total. The van der Waals surface area contributed by atoms with Crippen LogP contribution in [-0.4, -0.2) is 17.4 Å². The lowest BCUT2D eigenvalue weighted by molar-refractivity contribution is -0.128. The van der Waals surface area contributed by atoms with Gasteiger partial charge in [-0.2, -0.15) is 5.26 Å². The summed E-state index contributed by atoms with van der Waals surface area (Å²) in [6.07, 6.45) is 0.674. The lowest BCUT2D eigenvalue weighted by atomic mass is 9.95. The van der Waals surface area contributed by atoms with Crippen molar-refractivity contribution in [2.45, 2.75) is 33.7 Å². The molecule has 0 bridgehead atoms. The molecular formula is C16H20N2O. The van der Waals surface area contributed by atoms with Gasteiger partial charge in [-0.1, -0.05) is 19.9 Å². The third-order valence-corrected chi connectivity index (χ3v) is 4.02. The van der Waals surface area contributed by atoms with Crippen molar-refractivity contribution in [3.05, 3.63) is 34.9 Å². The van der Waals surface area contributed by atoms with Crippen LogP contribution in [0.1, 0.15) is 37.0 Å². The summed E-state index contributed by atoms with van der Waals surface area (Å²) in [7, 11) is 0. The number of carbonyl (C=O) groups is 1. The molecule has 3 heteroatoms. The molecule has 0 aliphatic carbocycles. The summed E-state index contributed by atoms with van der Waals surface area (Å²) in [4.78, 5) is 13.9. The zero-order valence-electron chi connectivity index (χ0n) is 11.8. The van der Waals surface area contributed by atoms with Crippen molar-refractivity contribution in [1.82, 2.24) is 4.90 Å². The van der Waals surface area contributed by atoms with Gasteiger partial charge in [0, 0.05) is 19.5 Å². The number of rotatable bonds is 3. The molecule has 1 amide bonds. The van der Waals surface area contributed by atoms with E-state index in [0.29, 0.717) is 30.4 Å². The van der Waals surface area contributed by atoms with Crippen LogP contribution < -0.4 is 0 Å². The fourth-order valence-electron chi connectivity index (χ4n) is 2.55. The lowest BCUT2D eigenvalue weighted by Gasteiger charge is -2.19. The van der Waals surface area contributed by atoms with Crippen molar-refractivity contribution >= 4 is 5.91 Å². The van der Waals surface area contributed by atoms with E-state index < -0.39 is 0 Å². The van der Waals surface area contributed by atoms with Crippen LogP contribution in [0.5, 0.6) is 0 Å². The molecule has 19 heavy (non-hydrogen) atoms. The highest BCUT2D eigenvalue weighted by molar-refractivity contribution is 5.78. The second kappa shape index (κ2) is 5.44. The van der Waals surface area contributed by atoms with Crippen molar-refractivity contribution < 1.29 is 4.79 Å². The summed E-state index contributed by atoms with van der Waals surface area (Å²) in [5.74, 6) is 1.28. The standard InChI is InChI=1S/C16H20N2O/c1-11(2)15-7-16(19)18(10-15)9-14-5-4-13(8-17)6-12(14)3/h4-6,11,15H,7,9-10H2,1-3H3. The Kier molecular flexibility index (Phi) is 3.90. The first kappa shape index (κ1) is 13.6. The average Bonchev–Trinajstić information content (AvgIpc) is 2.73. The van der Waals surface area contributed by atoms with Crippen molar-refractivity contribution in [3.8, 4) is 6.07 Å². The fraction of sp³-hybridized carbons (Fsp3) is 0.500. The van der Waals surface area contributed by atoms with E-state index in [1.807, 2.05) is 30.0 Å². The molecule has 0 saturated carbocycles. The minimum absolute atomic E-state index is 0.252. The van der Waals surface area contributed by atoms with Crippen LogP contribution in [0, 0.1) is 30.1 Å². The van der Waals surface area contributed by atoms with Crippen LogP contribution in [0.3, 0.4) is 0 Å². The molecule has 2 rings (SSSR count). The van der Waals surface area contributed by atoms with Gasteiger partial charge in [0.2, 0.25) is 5.91 Å². The number of hydrogen-bond donors (Lipinski definition) is 0. The first-order chi connectivity index (χ1) is 9.01. The molecule has 0 N–H and O–H groups in total. The van der Waals surface area contributed by atoms with Crippen LogP contribution >= 0.6 is 0 Å². The zero-order chi connectivity index (χ0) is 14.0. The summed E-state index contributed by atoms with van der Waals surface area (Å²) < 4.78 is 0. The van der Waals surface area contributed by atoms with Crippen molar-refractivity contribution in [1.29, 1.82) is 5.26 Å². The Hall–Kier alpha value is -1.82. The number of nitriles is 1. The molecule has 0 radical (unpaired) electrons. The average molecular weight is 256 g/mol. The molecule has 1 aliphatic heterocycles. The Morgan fingerprint density at radius 1 is 1.47 bits per heavy atom. The van der Waals surface area contributed by atoms with Gasteiger partial charge in [-0.05, 0) is 42.0 Å². The van der Waals surface area contributed by atoms with E-state index in [4.69, 9.17) is 5.26 Å². The van der Waals surface area contributed by atoms with E-state index >= 15 is 0 Å². The molecule has 1 aliphatic rings. The normalized spacial score (nSPS) is 19.0. The predicted octanol–water partition coefficient (Wildman–Crippen LogP) is 2.87. The fourth-order valence-corrected chi connectivity index (χ4v) is 2.55. The summed E-state index contributed by atoms with van der Waals surface area (Å²) in [6, 6.07) is 7.81. The maximum absolute atomic E-state index is 12.0. The summed E-state index contributed by atoms with van der Waals surface area (Å²) in [6.45, 7) is 7.87. The van der Waals surface area contributed by atoms with Gasteiger partial charge >= 0.3 is 0 Å². The van der Waals surface area contributed by atoms with Gasteiger partial charge in [0.15, 0.2) is 0 Å². The van der Waals surface area contributed by atoms with Gasteiger partial charge in [-0.3, -0.25) is 4.79 Å². The smallest absolute Gasteiger partial charge is 0.223 e. The highest BCUT2D eigenvalue weighted by atomic mass is 16.2. The quantitative estimate of drug-likeness (QED) is 0.834. The Balaban J connectivity index is 2.10. The second-order valence-corrected chi connectivity index (χ2v) is 5.74. The number of aryl methyl sites for hydroxylation is 1. The minimum Gasteiger partial charge on any atom is -0.338 e. The highest BCUT2D eigenvalue weighted by Crippen LogP contribution is 2.26. The first-order valence-corrected chi connectivity index (χ1v) is 6.78. The maximum atomic E-state index is 12.0. The van der Waals surface area contributed by atoms with E-state index in [9.17, 15) is 4.79 Å². The van der Waals surface area contributed by atoms with Gasteiger partial charge in [-0.15, -0.1) is 0 Å². The monoisotopic (exact) mass is 256 g/mol. The van der Waals surface area contributed by atoms with Crippen LogP contribution in [-0.2, 0) is 11.3 Å². The Morgan fingerprint density at radius 2 is 2.21 bits per heavy atom. The summed E-state index contributed by atoms with van der Waals surface area (Å²) in [5.41, 5.74) is 2.89. The number of carbonyl (C=O) groups excluding carboxylic acids is 1. The molecule has 1 fully saturated rings. The number of benzene rings is 1. The summed E-state index contributed by atoms with van der Waals surface area (Å²) in [5, 5.41) is 8.86. The molecule has 0 spiro atoms. The maximum Gasteiger partial charge on any atom is 0.223 e. The van der Waals surface area contributed by atoms with Crippen LogP contribution in [0.25, 0.3) is 0 Å². The predicted molar refractivity (Wildman–Crippen MR) is 74.3 cm³/mol. The SMILES string of the molecule is Cc1cc(C#N)ccc1CN1CC(C(C)C)CC1=O. The molecule has 1 aromatic carbocycles. The topological polar surface area (TPSA) is 44.1 Å². The molecular weight excluding hydrogens is 236 g/mol. The molecule has 1 heterocycles. The van der Waals surface area contributed by atoms with Gasteiger partial charge in [0.25, 0.3) is 0 Å².